The lowest BCUT2D eigenvalue weighted by atomic mass is 9.81. The van der Waals surface area contributed by atoms with Crippen LogP contribution in [0.1, 0.15) is 43.7 Å². The summed E-state index contributed by atoms with van der Waals surface area (Å²) in [5.74, 6) is 0.959. The maximum Gasteiger partial charge on any atom is 0.122 e. The van der Waals surface area contributed by atoms with Crippen LogP contribution in [0.15, 0.2) is 18.2 Å². The van der Waals surface area contributed by atoms with Gasteiger partial charge in [-0.3, -0.25) is 5.32 Å². The first-order valence-corrected chi connectivity index (χ1v) is 7.49. The maximum absolute atomic E-state index is 9.49. The van der Waals surface area contributed by atoms with Gasteiger partial charge < -0.3 is 4.74 Å². The summed E-state index contributed by atoms with van der Waals surface area (Å²) in [6.45, 7) is 7.02. The zero-order chi connectivity index (χ0) is 14.6. The fourth-order valence-electron chi connectivity index (χ4n) is 2.98. The number of aryl methyl sites for hydroxylation is 2. The largest absolute Gasteiger partial charge is 0.490 e. The van der Waals surface area contributed by atoms with Gasteiger partial charge in [-0.25, -0.2) is 0 Å². The van der Waals surface area contributed by atoms with Crippen LogP contribution in [-0.4, -0.2) is 18.2 Å². The molecule has 0 radical (unpaired) electrons. The molecule has 0 saturated heterocycles. The molecule has 0 aromatic heterocycles. The van der Waals surface area contributed by atoms with Gasteiger partial charge in [-0.2, -0.15) is 5.26 Å². The second kappa shape index (κ2) is 6.28. The highest BCUT2D eigenvalue weighted by atomic mass is 16.5. The van der Waals surface area contributed by atoms with Gasteiger partial charge in [0.2, 0.25) is 0 Å². The van der Waals surface area contributed by atoms with E-state index in [1.807, 2.05) is 6.92 Å². The molecule has 2 unspecified atom stereocenters. The third kappa shape index (κ3) is 3.32. The Kier molecular flexibility index (Phi) is 4.67. The first-order chi connectivity index (χ1) is 9.58. The smallest absolute Gasteiger partial charge is 0.122 e. The monoisotopic (exact) mass is 272 g/mol. The van der Waals surface area contributed by atoms with Crippen molar-refractivity contribution in [1.82, 2.24) is 5.32 Å². The normalized spacial score (nSPS) is 26.0. The molecule has 1 aliphatic rings. The van der Waals surface area contributed by atoms with E-state index >= 15 is 0 Å². The topological polar surface area (TPSA) is 45.0 Å². The molecule has 2 rings (SSSR count). The Labute approximate surface area is 121 Å². The summed E-state index contributed by atoms with van der Waals surface area (Å²) in [6.07, 6.45) is 3.88. The predicted molar refractivity (Wildman–Crippen MR) is 80.8 cm³/mol. The van der Waals surface area contributed by atoms with Crippen LogP contribution in [0.4, 0.5) is 0 Å². The van der Waals surface area contributed by atoms with Crippen molar-refractivity contribution in [2.75, 3.05) is 6.54 Å². The van der Waals surface area contributed by atoms with Gasteiger partial charge in [-0.05, 0) is 56.8 Å². The molecule has 1 aromatic rings. The molecular formula is C17H24N2O. The summed E-state index contributed by atoms with van der Waals surface area (Å²) in [6, 6.07) is 8.75. The molecule has 3 heteroatoms. The minimum absolute atomic E-state index is 0.128. The molecule has 3 nitrogen and oxygen atoms in total. The second-order valence-corrected chi connectivity index (χ2v) is 5.83. The number of nitrogens with zero attached hydrogens (tertiary/aromatic N) is 1. The van der Waals surface area contributed by atoms with Gasteiger partial charge >= 0.3 is 0 Å². The van der Waals surface area contributed by atoms with Crippen LogP contribution >= 0.6 is 0 Å². The van der Waals surface area contributed by atoms with Gasteiger partial charge in [0.25, 0.3) is 0 Å². The molecule has 2 atom stereocenters. The lowest BCUT2D eigenvalue weighted by Gasteiger charge is -2.36. The van der Waals surface area contributed by atoms with E-state index in [1.165, 1.54) is 5.56 Å². The summed E-state index contributed by atoms with van der Waals surface area (Å²) in [5, 5.41) is 12.8. The first kappa shape index (κ1) is 14.9. The molecule has 1 aliphatic carbocycles. The van der Waals surface area contributed by atoms with Crippen molar-refractivity contribution in [1.29, 1.82) is 5.26 Å². The minimum Gasteiger partial charge on any atom is -0.490 e. The van der Waals surface area contributed by atoms with Crippen LogP contribution in [0.5, 0.6) is 5.75 Å². The van der Waals surface area contributed by atoms with Gasteiger partial charge in [0.15, 0.2) is 0 Å². The van der Waals surface area contributed by atoms with Crippen molar-refractivity contribution in [3.05, 3.63) is 29.3 Å². The Hall–Kier alpha value is -1.53. The van der Waals surface area contributed by atoms with E-state index in [2.05, 4.69) is 43.4 Å². The highest BCUT2D eigenvalue weighted by Crippen LogP contribution is 2.32. The molecule has 0 aliphatic heterocycles. The van der Waals surface area contributed by atoms with Crippen LogP contribution in [0.3, 0.4) is 0 Å². The third-order valence-electron chi connectivity index (χ3n) is 4.07. The summed E-state index contributed by atoms with van der Waals surface area (Å²) in [5.41, 5.74) is 1.96. The van der Waals surface area contributed by atoms with Crippen molar-refractivity contribution >= 4 is 0 Å². The van der Waals surface area contributed by atoms with Gasteiger partial charge in [-0.15, -0.1) is 0 Å². The predicted octanol–water partition coefficient (Wildman–Crippen LogP) is 3.50. The fourth-order valence-corrected chi connectivity index (χ4v) is 2.98. The molecule has 1 fully saturated rings. The van der Waals surface area contributed by atoms with E-state index < -0.39 is 5.54 Å². The van der Waals surface area contributed by atoms with Gasteiger partial charge in [0.1, 0.15) is 17.4 Å². The van der Waals surface area contributed by atoms with Crippen LogP contribution in [0.25, 0.3) is 0 Å². The minimum atomic E-state index is -0.407. The summed E-state index contributed by atoms with van der Waals surface area (Å²) >= 11 is 0. The zero-order valence-corrected chi connectivity index (χ0v) is 12.7. The number of rotatable bonds is 4. The molecule has 0 bridgehead atoms. The fraction of sp³-hybridized carbons (Fsp3) is 0.588. The molecule has 1 N–H and O–H groups in total. The van der Waals surface area contributed by atoms with E-state index in [1.54, 1.807) is 0 Å². The average Bonchev–Trinajstić information content (AvgIpc) is 2.44. The van der Waals surface area contributed by atoms with E-state index in [0.29, 0.717) is 0 Å². The van der Waals surface area contributed by atoms with E-state index in [0.717, 1.165) is 43.5 Å². The highest BCUT2D eigenvalue weighted by Gasteiger charge is 2.36. The summed E-state index contributed by atoms with van der Waals surface area (Å²) in [4.78, 5) is 0. The second-order valence-electron chi connectivity index (χ2n) is 5.83. The highest BCUT2D eigenvalue weighted by molar-refractivity contribution is 5.36. The molecule has 0 heterocycles. The number of hydrogen-bond donors (Lipinski definition) is 1. The SMILES string of the molecule is CCNC1(C#N)CCCC(Oc2cc(C)ccc2C)C1. The Morgan fingerprint density at radius 3 is 2.95 bits per heavy atom. The Morgan fingerprint density at radius 2 is 2.25 bits per heavy atom. The number of nitrogens with one attached hydrogen (secondary N) is 1. The molecule has 0 spiro atoms. The average molecular weight is 272 g/mol. The van der Waals surface area contributed by atoms with Crippen molar-refractivity contribution in [2.45, 2.75) is 58.1 Å². The van der Waals surface area contributed by atoms with E-state index in [-0.39, 0.29) is 6.10 Å². The number of benzene rings is 1. The third-order valence-corrected chi connectivity index (χ3v) is 4.07. The molecule has 20 heavy (non-hydrogen) atoms. The number of hydrogen-bond acceptors (Lipinski definition) is 3. The lowest BCUT2D eigenvalue weighted by Crippen LogP contribution is -2.49. The number of nitriles is 1. The maximum atomic E-state index is 9.49. The van der Waals surface area contributed by atoms with Crippen molar-refractivity contribution in [2.24, 2.45) is 0 Å². The van der Waals surface area contributed by atoms with Crippen molar-refractivity contribution < 1.29 is 4.74 Å². The Morgan fingerprint density at radius 1 is 1.45 bits per heavy atom. The van der Waals surface area contributed by atoms with Crippen LogP contribution in [0.2, 0.25) is 0 Å². The van der Waals surface area contributed by atoms with Gasteiger partial charge in [0, 0.05) is 6.42 Å². The van der Waals surface area contributed by atoms with Gasteiger partial charge in [-0.1, -0.05) is 19.1 Å². The van der Waals surface area contributed by atoms with Crippen LogP contribution < -0.4 is 10.1 Å². The molecule has 108 valence electrons. The zero-order valence-electron chi connectivity index (χ0n) is 12.7. The summed E-state index contributed by atoms with van der Waals surface area (Å²) in [7, 11) is 0. The standard InChI is InChI=1S/C17H24N2O/c1-4-19-17(12-18)9-5-6-15(11-17)20-16-10-13(2)7-8-14(16)3/h7-8,10,15,19H,4-6,9,11H2,1-3H3. The van der Waals surface area contributed by atoms with Crippen LogP contribution in [0, 0.1) is 25.2 Å². The van der Waals surface area contributed by atoms with Crippen LogP contribution in [-0.2, 0) is 0 Å². The van der Waals surface area contributed by atoms with Crippen molar-refractivity contribution in [3.8, 4) is 11.8 Å². The molecule has 1 aromatic carbocycles. The van der Waals surface area contributed by atoms with Crippen molar-refractivity contribution in [3.63, 3.8) is 0 Å². The van der Waals surface area contributed by atoms with E-state index in [9.17, 15) is 5.26 Å². The lowest BCUT2D eigenvalue weighted by molar-refractivity contribution is 0.112. The van der Waals surface area contributed by atoms with E-state index in [4.69, 9.17) is 4.74 Å². The van der Waals surface area contributed by atoms with Gasteiger partial charge in [0.05, 0.1) is 6.07 Å². The first-order valence-electron chi connectivity index (χ1n) is 7.49. The number of ether oxygens (including phenoxy) is 1. The molecule has 1 saturated carbocycles. The quantitative estimate of drug-likeness (QED) is 0.912. The Bertz CT molecular complexity index is 502. The Balaban J connectivity index is 2.10. The molecular weight excluding hydrogens is 248 g/mol. The summed E-state index contributed by atoms with van der Waals surface area (Å²) < 4.78 is 6.18. The molecule has 0 amide bonds.